The second-order valence-corrected chi connectivity index (χ2v) is 8.37. The van der Waals surface area contributed by atoms with Gasteiger partial charge in [0.1, 0.15) is 23.6 Å². The molecule has 0 radical (unpaired) electrons. The van der Waals surface area contributed by atoms with Gasteiger partial charge in [0.15, 0.2) is 0 Å². The Morgan fingerprint density at radius 2 is 2.15 bits per heavy atom. The molecule has 3 aromatic heterocycles. The molecule has 1 aliphatic heterocycles. The maximum Gasteiger partial charge on any atom is 0.260 e. The number of H-pyrrole nitrogens is 1. The van der Waals surface area contributed by atoms with Crippen molar-refractivity contribution in [3.63, 3.8) is 0 Å². The molecule has 5 rings (SSSR count). The Balaban J connectivity index is 1.62. The highest BCUT2D eigenvalue weighted by Crippen LogP contribution is 2.32. The molecular formula is C23H22ClFN6O2. The van der Waals surface area contributed by atoms with Crippen molar-refractivity contribution in [2.75, 3.05) is 24.6 Å². The Morgan fingerprint density at radius 1 is 1.30 bits per heavy atom. The summed E-state index contributed by atoms with van der Waals surface area (Å²) in [6.07, 6.45) is 3.60. The molecule has 8 nitrogen and oxygen atoms in total. The van der Waals surface area contributed by atoms with Crippen LogP contribution in [0.2, 0.25) is 5.02 Å². The first-order valence-electron chi connectivity index (χ1n) is 10.7. The zero-order valence-electron chi connectivity index (χ0n) is 18.2. The molecule has 1 saturated heterocycles. The van der Waals surface area contributed by atoms with E-state index >= 15 is 0 Å². The van der Waals surface area contributed by atoms with Gasteiger partial charge in [-0.3, -0.25) is 9.48 Å². The van der Waals surface area contributed by atoms with Crippen LogP contribution in [-0.2, 0) is 11.3 Å². The highest BCUT2D eigenvalue weighted by atomic mass is 35.5. The van der Waals surface area contributed by atoms with Crippen LogP contribution >= 0.6 is 11.6 Å². The number of aromatic amines is 1. The van der Waals surface area contributed by atoms with Crippen molar-refractivity contribution >= 4 is 28.3 Å². The van der Waals surface area contributed by atoms with Crippen molar-refractivity contribution in [2.45, 2.75) is 26.5 Å². The molecule has 0 unspecified atom stereocenters. The minimum absolute atomic E-state index is 0.180. The Bertz CT molecular complexity index is 1400. The largest absolute Gasteiger partial charge is 0.370 e. The number of hydrogen-bond acceptors (Lipinski definition) is 6. The van der Waals surface area contributed by atoms with Crippen molar-refractivity contribution in [1.29, 1.82) is 0 Å². The highest BCUT2D eigenvalue weighted by molar-refractivity contribution is 6.30. The van der Waals surface area contributed by atoms with E-state index in [4.69, 9.17) is 21.3 Å². The van der Waals surface area contributed by atoms with Crippen LogP contribution in [0.3, 0.4) is 0 Å². The zero-order chi connectivity index (χ0) is 23.1. The van der Waals surface area contributed by atoms with E-state index in [1.165, 1.54) is 12.1 Å². The van der Waals surface area contributed by atoms with Crippen molar-refractivity contribution < 1.29 is 9.13 Å². The third-order valence-electron chi connectivity index (χ3n) is 5.72. The first-order chi connectivity index (χ1) is 15.9. The van der Waals surface area contributed by atoms with E-state index in [0.29, 0.717) is 36.9 Å². The van der Waals surface area contributed by atoms with E-state index in [1.54, 1.807) is 19.1 Å². The van der Waals surface area contributed by atoms with E-state index in [2.05, 4.69) is 20.0 Å². The van der Waals surface area contributed by atoms with Crippen LogP contribution in [0.15, 0.2) is 41.5 Å². The molecule has 1 N–H and O–H groups in total. The molecule has 0 amide bonds. The molecule has 4 heterocycles. The van der Waals surface area contributed by atoms with Crippen LogP contribution < -0.4 is 10.5 Å². The van der Waals surface area contributed by atoms with Gasteiger partial charge in [-0.1, -0.05) is 11.6 Å². The van der Waals surface area contributed by atoms with Gasteiger partial charge in [-0.15, -0.1) is 0 Å². The number of aromatic nitrogens is 5. The van der Waals surface area contributed by atoms with Crippen molar-refractivity contribution in [3.8, 4) is 11.3 Å². The number of aryl methyl sites for hydroxylation is 2. The third kappa shape index (κ3) is 4.09. The number of halogens is 2. The van der Waals surface area contributed by atoms with Crippen LogP contribution in [0.25, 0.3) is 22.2 Å². The summed E-state index contributed by atoms with van der Waals surface area (Å²) >= 11 is 5.94. The molecule has 1 fully saturated rings. The quantitative estimate of drug-likeness (QED) is 0.489. The molecule has 170 valence electrons. The lowest BCUT2D eigenvalue weighted by Crippen LogP contribution is -2.39. The number of nitrogens with one attached hydrogen (secondary N) is 1. The predicted molar refractivity (Wildman–Crippen MR) is 124 cm³/mol. The number of fused-ring (bicyclic) bond motifs is 1. The molecule has 0 bridgehead atoms. The second kappa shape index (κ2) is 8.57. The molecule has 1 aromatic carbocycles. The van der Waals surface area contributed by atoms with E-state index in [0.717, 1.165) is 12.1 Å². The third-order valence-corrected chi connectivity index (χ3v) is 5.96. The number of anilines is 1. The fraction of sp³-hybridized carbons (Fsp3) is 0.304. The van der Waals surface area contributed by atoms with Crippen LogP contribution in [0.5, 0.6) is 0 Å². The number of hydrogen-bond donors (Lipinski definition) is 1. The van der Waals surface area contributed by atoms with Crippen molar-refractivity contribution in [1.82, 2.24) is 24.7 Å². The number of benzene rings is 1. The topological polar surface area (TPSA) is 88.9 Å². The number of morpholine rings is 1. The zero-order valence-corrected chi connectivity index (χ0v) is 18.9. The van der Waals surface area contributed by atoms with Gasteiger partial charge >= 0.3 is 0 Å². The minimum Gasteiger partial charge on any atom is -0.370 e. The van der Waals surface area contributed by atoms with E-state index < -0.39 is 5.82 Å². The summed E-state index contributed by atoms with van der Waals surface area (Å²) in [7, 11) is 0. The van der Waals surface area contributed by atoms with Gasteiger partial charge in [0, 0.05) is 48.0 Å². The molecular weight excluding hydrogens is 447 g/mol. The van der Waals surface area contributed by atoms with Gasteiger partial charge in [0.05, 0.1) is 29.4 Å². The molecule has 33 heavy (non-hydrogen) atoms. The summed E-state index contributed by atoms with van der Waals surface area (Å²) in [6.45, 7) is 6.14. The maximum atomic E-state index is 14.9. The SMILES string of the molecule is CCn1cc([C@H]2CN(c3cc4nc(C)[nH]c(=O)c4c(-c4ccc(Cl)cc4F)n3)CCO2)cn1. The van der Waals surface area contributed by atoms with Gasteiger partial charge in [-0.2, -0.15) is 5.10 Å². The fourth-order valence-corrected chi connectivity index (χ4v) is 4.24. The maximum absolute atomic E-state index is 14.9. The number of pyridine rings is 1. The summed E-state index contributed by atoms with van der Waals surface area (Å²) in [5, 5.41) is 4.84. The second-order valence-electron chi connectivity index (χ2n) is 7.93. The molecule has 0 saturated carbocycles. The van der Waals surface area contributed by atoms with Gasteiger partial charge in [-0.05, 0) is 32.0 Å². The Labute approximate surface area is 194 Å². The van der Waals surface area contributed by atoms with Crippen LogP contribution in [-0.4, -0.2) is 44.4 Å². The smallest absolute Gasteiger partial charge is 0.260 e. The number of ether oxygens (including phenoxy) is 1. The number of nitrogens with zero attached hydrogens (tertiary/aromatic N) is 5. The fourth-order valence-electron chi connectivity index (χ4n) is 4.08. The first kappa shape index (κ1) is 21.5. The number of rotatable bonds is 4. The molecule has 10 heteroatoms. The van der Waals surface area contributed by atoms with E-state index in [-0.39, 0.29) is 33.3 Å². The Morgan fingerprint density at radius 3 is 2.91 bits per heavy atom. The van der Waals surface area contributed by atoms with Crippen LogP contribution in [0, 0.1) is 12.7 Å². The molecule has 4 aromatic rings. The Hall–Kier alpha value is -3.30. The molecule has 0 spiro atoms. The lowest BCUT2D eigenvalue weighted by atomic mass is 10.1. The summed E-state index contributed by atoms with van der Waals surface area (Å²) in [5.74, 6) is 0.514. The lowest BCUT2D eigenvalue weighted by Gasteiger charge is -2.33. The standard InChI is InChI=1S/C23H22ClFN6O2/c1-3-31-11-14(10-26-31)19-12-30(6-7-33-19)20-9-18-21(23(32)28-13(2)27-18)22(29-20)16-5-4-15(24)8-17(16)25/h4-5,8-11,19H,3,6-7,12H2,1-2H3,(H,27,28,32)/t19-/m1/s1. The van der Waals surface area contributed by atoms with Crippen molar-refractivity contribution in [3.05, 3.63) is 69.2 Å². The average molecular weight is 469 g/mol. The van der Waals surface area contributed by atoms with Gasteiger partial charge in [-0.25, -0.2) is 14.4 Å². The lowest BCUT2D eigenvalue weighted by molar-refractivity contribution is 0.0395. The summed E-state index contributed by atoms with van der Waals surface area (Å²) in [6, 6.07) is 6.09. The Kier molecular flexibility index (Phi) is 5.59. The molecule has 0 aliphatic carbocycles. The van der Waals surface area contributed by atoms with E-state index in [9.17, 15) is 9.18 Å². The van der Waals surface area contributed by atoms with Crippen LogP contribution in [0.4, 0.5) is 10.2 Å². The first-order valence-corrected chi connectivity index (χ1v) is 11.1. The monoisotopic (exact) mass is 468 g/mol. The molecule has 1 aliphatic rings. The average Bonchev–Trinajstić information content (AvgIpc) is 3.28. The van der Waals surface area contributed by atoms with Gasteiger partial charge in [0.25, 0.3) is 5.56 Å². The summed E-state index contributed by atoms with van der Waals surface area (Å²) in [4.78, 5) is 26.8. The normalized spacial score (nSPS) is 16.5. The van der Waals surface area contributed by atoms with E-state index in [1.807, 2.05) is 24.0 Å². The summed E-state index contributed by atoms with van der Waals surface area (Å²) in [5.41, 5.74) is 1.49. The summed E-state index contributed by atoms with van der Waals surface area (Å²) < 4.78 is 22.7. The molecule has 1 atom stereocenters. The minimum atomic E-state index is -0.555. The van der Waals surface area contributed by atoms with Gasteiger partial charge < -0.3 is 14.6 Å². The predicted octanol–water partition coefficient (Wildman–Crippen LogP) is 3.88. The van der Waals surface area contributed by atoms with Crippen molar-refractivity contribution in [2.24, 2.45) is 0 Å². The van der Waals surface area contributed by atoms with Crippen LogP contribution in [0.1, 0.15) is 24.4 Å². The highest BCUT2D eigenvalue weighted by Gasteiger charge is 2.26. The van der Waals surface area contributed by atoms with Gasteiger partial charge in [0.2, 0.25) is 0 Å².